The van der Waals surface area contributed by atoms with E-state index in [4.69, 9.17) is 34.8 Å². The van der Waals surface area contributed by atoms with Crippen LogP contribution in [0.1, 0.15) is 37.0 Å². The van der Waals surface area contributed by atoms with Crippen LogP contribution >= 0.6 is 34.8 Å². The number of carbonyl (C=O) groups is 2. The Hall–Kier alpha value is -2.53. The van der Waals surface area contributed by atoms with E-state index in [-0.39, 0.29) is 30.8 Å². The maximum Gasteiger partial charge on any atom is 0.243 e. The fourth-order valence-electron chi connectivity index (χ4n) is 3.87. The summed E-state index contributed by atoms with van der Waals surface area (Å²) < 4.78 is 0. The van der Waals surface area contributed by atoms with E-state index in [1.807, 2.05) is 62.4 Å². The van der Waals surface area contributed by atoms with Crippen LogP contribution in [-0.2, 0) is 29.0 Å². The first-order valence-corrected chi connectivity index (χ1v) is 12.7. The van der Waals surface area contributed by atoms with Crippen LogP contribution in [0.25, 0.3) is 0 Å². The molecule has 2 amide bonds. The lowest BCUT2D eigenvalue weighted by Crippen LogP contribution is -2.52. The number of hydrogen-bond acceptors (Lipinski definition) is 2. The molecule has 4 nitrogen and oxygen atoms in total. The molecule has 0 heterocycles. The van der Waals surface area contributed by atoms with Gasteiger partial charge in [0.25, 0.3) is 0 Å². The minimum Gasteiger partial charge on any atom is -0.352 e. The lowest BCUT2D eigenvalue weighted by Gasteiger charge is -2.32. The minimum absolute atomic E-state index is 0.0789. The Bertz CT molecular complexity index is 1130. The molecule has 0 aliphatic carbocycles. The maximum absolute atomic E-state index is 13.7. The number of hydrogen-bond donors (Lipinski definition) is 1. The maximum atomic E-state index is 13.7. The summed E-state index contributed by atoms with van der Waals surface area (Å²) in [6.07, 6.45) is 1.00. The van der Waals surface area contributed by atoms with E-state index in [1.54, 1.807) is 29.2 Å². The van der Waals surface area contributed by atoms with Crippen LogP contribution in [0.5, 0.6) is 0 Å². The van der Waals surface area contributed by atoms with E-state index in [1.165, 1.54) is 0 Å². The molecule has 184 valence electrons. The molecule has 0 aromatic heterocycles. The fourth-order valence-corrected chi connectivity index (χ4v) is 4.62. The zero-order valence-electron chi connectivity index (χ0n) is 19.8. The van der Waals surface area contributed by atoms with Crippen molar-refractivity contribution in [1.29, 1.82) is 0 Å². The molecular weight excluding hydrogens is 503 g/mol. The van der Waals surface area contributed by atoms with Gasteiger partial charge in [0.15, 0.2) is 0 Å². The Balaban J connectivity index is 1.97. The second-order valence-electron chi connectivity index (χ2n) is 8.68. The summed E-state index contributed by atoms with van der Waals surface area (Å²) >= 11 is 19.2. The van der Waals surface area contributed by atoms with Crippen LogP contribution in [0.3, 0.4) is 0 Å². The van der Waals surface area contributed by atoms with E-state index in [0.717, 1.165) is 11.1 Å². The van der Waals surface area contributed by atoms with Crippen molar-refractivity contribution in [1.82, 2.24) is 10.2 Å². The lowest BCUT2D eigenvalue weighted by molar-refractivity contribution is -0.141. The standard InChI is InChI=1S/C28H29Cl3N2O2/c1-19(2)32-28(35)26(17-20-9-4-3-5-10-20)33(18-22-24(30)13-8-14-25(22)31)27(34)16-15-21-11-6-7-12-23(21)29/h3-14,19,26H,15-18H2,1-2H3,(H,32,35)/t26-/m1/s1. The number of nitrogens with one attached hydrogen (secondary N) is 1. The van der Waals surface area contributed by atoms with Crippen molar-refractivity contribution in [3.63, 3.8) is 0 Å². The Morgan fingerprint density at radius 3 is 2.06 bits per heavy atom. The molecule has 0 spiro atoms. The number of aryl methyl sites for hydroxylation is 1. The fraction of sp³-hybridized carbons (Fsp3) is 0.286. The van der Waals surface area contributed by atoms with E-state index < -0.39 is 6.04 Å². The van der Waals surface area contributed by atoms with Crippen LogP contribution in [-0.4, -0.2) is 28.8 Å². The summed E-state index contributed by atoms with van der Waals surface area (Å²) in [5.41, 5.74) is 2.44. The zero-order valence-corrected chi connectivity index (χ0v) is 22.1. The highest BCUT2D eigenvalue weighted by Crippen LogP contribution is 2.28. The lowest BCUT2D eigenvalue weighted by atomic mass is 10.0. The van der Waals surface area contributed by atoms with Gasteiger partial charge in [-0.15, -0.1) is 0 Å². The van der Waals surface area contributed by atoms with Gasteiger partial charge in [0, 0.05) is 46.1 Å². The molecule has 0 radical (unpaired) electrons. The normalized spacial score (nSPS) is 11.8. The Morgan fingerprint density at radius 2 is 1.43 bits per heavy atom. The molecule has 3 aromatic carbocycles. The summed E-state index contributed by atoms with van der Waals surface area (Å²) in [7, 11) is 0. The molecule has 1 N–H and O–H groups in total. The topological polar surface area (TPSA) is 49.4 Å². The Kier molecular flexibility index (Phi) is 10.0. The third-order valence-electron chi connectivity index (χ3n) is 5.66. The molecule has 7 heteroatoms. The molecule has 0 aliphatic heterocycles. The van der Waals surface area contributed by atoms with E-state index >= 15 is 0 Å². The Labute approximate surface area is 222 Å². The number of carbonyl (C=O) groups excluding carboxylic acids is 2. The zero-order chi connectivity index (χ0) is 25.4. The molecule has 0 aliphatic rings. The molecule has 3 rings (SSSR count). The molecular formula is C28H29Cl3N2O2. The van der Waals surface area contributed by atoms with Crippen molar-refractivity contribution < 1.29 is 9.59 Å². The third-order valence-corrected chi connectivity index (χ3v) is 6.74. The quantitative estimate of drug-likeness (QED) is 0.315. The monoisotopic (exact) mass is 530 g/mol. The molecule has 0 fully saturated rings. The van der Waals surface area contributed by atoms with Gasteiger partial charge in [0.1, 0.15) is 6.04 Å². The first-order chi connectivity index (χ1) is 16.8. The van der Waals surface area contributed by atoms with Crippen molar-refractivity contribution in [2.24, 2.45) is 0 Å². The van der Waals surface area contributed by atoms with E-state index in [0.29, 0.717) is 33.5 Å². The molecule has 1 atom stereocenters. The van der Waals surface area contributed by atoms with Crippen LogP contribution < -0.4 is 5.32 Å². The van der Waals surface area contributed by atoms with Gasteiger partial charge in [-0.05, 0) is 49.6 Å². The van der Waals surface area contributed by atoms with Gasteiger partial charge in [-0.25, -0.2) is 0 Å². The predicted octanol–water partition coefficient (Wildman–Crippen LogP) is 6.74. The van der Waals surface area contributed by atoms with E-state index in [9.17, 15) is 9.59 Å². The van der Waals surface area contributed by atoms with Gasteiger partial charge < -0.3 is 10.2 Å². The highest BCUT2D eigenvalue weighted by Gasteiger charge is 2.31. The highest BCUT2D eigenvalue weighted by atomic mass is 35.5. The smallest absolute Gasteiger partial charge is 0.243 e. The van der Waals surface area contributed by atoms with Crippen molar-refractivity contribution in [3.8, 4) is 0 Å². The van der Waals surface area contributed by atoms with Gasteiger partial charge in [0.2, 0.25) is 11.8 Å². The first-order valence-electron chi connectivity index (χ1n) is 11.6. The van der Waals surface area contributed by atoms with Crippen LogP contribution in [0, 0.1) is 0 Å². The van der Waals surface area contributed by atoms with Crippen molar-refractivity contribution in [3.05, 3.63) is 105 Å². The summed E-state index contributed by atoms with van der Waals surface area (Å²) in [6, 6.07) is 21.5. The second kappa shape index (κ2) is 13.0. The highest BCUT2D eigenvalue weighted by molar-refractivity contribution is 6.36. The summed E-state index contributed by atoms with van der Waals surface area (Å²) in [4.78, 5) is 28.7. The number of nitrogens with zero attached hydrogens (tertiary/aromatic N) is 1. The molecule has 35 heavy (non-hydrogen) atoms. The minimum atomic E-state index is -0.745. The number of amides is 2. The Morgan fingerprint density at radius 1 is 0.829 bits per heavy atom. The summed E-state index contributed by atoms with van der Waals surface area (Å²) in [5, 5.41) is 4.48. The van der Waals surface area contributed by atoms with Gasteiger partial charge in [-0.3, -0.25) is 9.59 Å². The van der Waals surface area contributed by atoms with E-state index in [2.05, 4.69) is 5.32 Å². The molecule has 0 unspecified atom stereocenters. The molecule has 0 bridgehead atoms. The largest absolute Gasteiger partial charge is 0.352 e. The van der Waals surface area contributed by atoms with Gasteiger partial charge in [-0.1, -0.05) is 89.4 Å². The van der Waals surface area contributed by atoms with Crippen LogP contribution in [0.4, 0.5) is 0 Å². The van der Waals surface area contributed by atoms with Gasteiger partial charge in [0.05, 0.1) is 0 Å². The van der Waals surface area contributed by atoms with Crippen LogP contribution in [0.15, 0.2) is 72.8 Å². The van der Waals surface area contributed by atoms with Crippen molar-refractivity contribution in [2.45, 2.75) is 51.7 Å². The molecule has 0 saturated heterocycles. The van der Waals surface area contributed by atoms with Gasteiger partial charge in [-0.2, -0.15) is 0 Å². The molecule has 3 aromatic rings. The SMILES string of the molecule is CC(C)NC(=O)[C@@H](Cc1ccccc1)N(Cc1c(Cl)cccc1Cl)C(=O)CCc1ccccc1Cl. The van der Waals surface area contributed by atoms with Crippen molar-refractivity contribution >= 4 is 46.6 Å². The third kappa shape index (κ3) is 7.73. The summed E-state index contributed by atoms with van der Waals surface area (Å²) in [5.74, 6) is -0.404. The number of benzene rings is 3. The van der Waals surface area contributed by atoms with Crippen molar-refractivity contribution in [2.75, 3.05) is 0 Å². The second-order valence-corrected chi connectivity index (χ2v) is 9.90. The van der Waals surface area contributed by atoms with Gasteiger partial charge >= 0.3 is 0 Å². The first kappa shape index (κ1) is 27.1. The summed E-state index contributed by atoms with van der Waals surface area (Å²) in [6.45, 7) is 3.90. The number of halogens is 3. The average Bonchev–Trinajstić information content (AvgIpc) is 2.82. The number of rotatable bonds is 10. The average molecular weight is 532 g/mol. The predicted molar refractivity (Wildman–Crippen MR) is 144 cm³/mol. The van der Waals surface area contributed by atoms with Crippen LogP contribution in [0.2, 0.25) is 15.1 Å². The molecule has 0 saturated carbocycles.